The highest BCUT2D eigenvalue weighted by molar-refractivity contribution is 6.29. The zero-order chi connectivity index (χ0) is 14.4. The summed E-state index contributed by atoms with van der Waals surface area (Å²) < 4.78 is 5.10. The number of carbonyl (C=O) groups excluding carboxylic acids is 1. The van der Waals surface area contributed by atoms with Crippen LogP contribution in [0.15, 0.2) is 21.7 Å². The maximum absolute atomic E-state index is 12.2. The summed E-state index contributed by atoms with van der Waals surface area (Å²) in [5, 5.41) is 11.6. The molecule has 19 heavy (non-hydrogen) atoms. The Morgan fingerprint density at radius 3 is 2.74 bits per heavy atom. The third kappa shape index (κ3) is 4.82. The molecule has 0 fully saturated rings. The summed E-state index contributed by atoms with van der Waals surface area (Å²) in [7, 11) is 0. The lowest BCUT2D eigenvalue weighted by molar-refractivity contribution is 0.0708. The predicted octanol–water partition coefficient (Wildman–Crippen LogP) is 2.17. The third-order valence-electron chi connectivity index (χ3n) is 2.42. The van der Waals surface area contributed by atoms with Gasteiger partial charge in [-0.1, -0.05) is 19.0 Å². The molecule has 0 radical (unpaired) electrons. The van der Waals surface area contributed by atoms with E-state index in [-0.39, 0.29) is 22.7 Å². The fraction of sp³-hybridized carbons (Fsp3) is 0.500. The van der Waals surface area contributed by atoms with Crippen LogP contribution in [0.5, 0.6) is 0 Å². The Hall–Kier alpha value is -1.69. The number of hydrogen-bond acceptors (Lipinski definition) is 4. The molecule has 0 aliphatic heterocycles. The van der Waals surface area contributed by atoms with Gasteiger partial charge in [-0.05, 0) is 29.7 Å². The molecule has 7 heteroatoms. The van der Waals surface area contributed by atoms with E-state index in [4.69, 9.17) is 27.0 Å². The fourth-order valence-electron chi connectivity index (χ4n) is 1.60. The number of halogens is 1. The SMILES string of the molecule is CC(C)CN(CC/C(N)=N/O)C(=O)c1ccc(Cl)o1. The number of nitrogens with two attached hydrogens (primary N) is 1. The summed E-state index contributed by atoms with van der Waals surface area (Å²) in [6.07, 6.45) is 0.295. The molecule has 106 valence electrons. The summed E-state index contributed by atoms with van der Waals surface area (Å²) in [5.74, 6) is 0.303. The number of amides is 1. The maximum atomic E-state index is 12.2. The number of furan rings is 1. The van der Waals surface area contributed by atoms with E-state index in [9.17, 15) is 4.79 Å². The second-order valence-corrected chi connectivity index (χ2v) is 4.96. The molecule has 1 rings (SSSR count). The highest BCUT2D eigenvalue weighted by Gasteiger charge is 2.20. The Morgan fingerprint density at radius 2 is 2.26 bits per heavy atom. The summed E-state index contributed by atoms with van der Waals surface area (Å²) in [5.41, 5.74) is 5.41. The molecule has 6 nitrogen and oxygen atoms in total. The molecule has 0 aliphatic carbocycles. The minimum atomic E-state index is -0.258. The van der Waals surface area contributed by atoms with Crippen molar-refractivity contribution in [3.63, 3.8) is 0 Å². The molecule has 1 aromatic heterocycles. The zero-order valence-electron chi connectivity index (χ0n) is 11.0. The maximum Gasteiger partial charge on any atom is 0.289 e. The van der Waals surface area contributed by atoms with Crippen molar-refractivity contribution in [3.8, 4) is 0 Å². The van der Waals surface area contributed by atoms with Gasteiger partial charge < -0.3 is 20.3 Å². The van der Waals surface area contributed by atoms with Crippen LogP contribution in [0.3, 0.4) is 0 Å². The van der Waals surface area contributed by atoms with Crippen LogP contribution in [-0.4, -0.2) is 34.9 Å². The number of rotatable bonds is 6. The van der Waals surface area contributed by atoms with E-state index in [2.05, 4.69) is 5.16 Å². The second kappa shape index (κ2) is 7.04. The molecule has 0 saturated carbocycles. The van der Waals surface area contributed by atoms with Crippen molar-refractivity contribution in [1.82, 2.24) is 4.90 Å². The first kappa shape index (κ1) is 15.4. The monoisotopic (exact) mass is 287 g/mol. The molecule has 3 N–H and O–H groups in total. The average Bonchev–Trinajstić information content (AvgIpc) is 2.79. The lowest BCUT2D eigenvalue weighted by Crippen LogP contribution is -2.36. The van der Waals surface area contributed by atoms with E-state index < -0.39 is 0 Å². The first-order chi connectivity index (χ1) is 8.93. The van der Waals surface area contributed by atoms with Crippen LogP contribution in [0.4, 0.5) is 0 Å². The quantitative estimate of drug-likeness (QED) is 0.363. The van der Waals surface area contributed by atoms with Crippen molar-refractivity contribution in [3.05, 3.63) is 23.1 Å². The summed E-state index contributed by atoms with van der Waals surface area (Å²) in [6, 6.07) is 3.05. The van der Waals surface area contributed by atoms with Crippen LogP contribution >= 0.6 is 11.6 Å². The van der Waals surface area contributed by atoms with Gasteiger partial charge in [0.2, 0.25) is 0 Å². The molecule has 0 aliphatic rings. The van der Waals surface area contributed by atoms with Crippen molar-refractivity contribution < 1.29 is 14.4 Å². The van der Waals surface area contributed by atoms with Crippen molar-refractivity contribution in [2.45, 2.75) is 20.3 Å². The Morgan fingerprint density at radius 1 is 1.58 bits per heavy atom. The average molecular weight is 288 g/mol. The van der Waals surface area contributed by atoms with Crippen LogP contribution in [0.1, 0.15) is 30.8 Å². The lowest BCUT2D eigenvalue weighted by atomic mass is 10.2. The molecule has 0 unspecified atom stereocenters. The summed E-state index contributed by atoms with van der Waals surface area (Å²) in [4.78, 5) is 13.8. The lowest BCUT2D eigenvalue weighted by Gasteiger charge is -2.23. The molecule has 0 aromatic carbocycles. The molecule has 1 amide bonds. The van der Waals surface area contributed by atoms with Gasteiger partial charge in [0.25, 0.3) is 5.91 Å². The van der Waals surface area contributed by atoms with Crippen LogP contribution in [0, 0.1) is 5.92 Å². The predicted molar refractivity (Wildman–Crippen MR) is 72.5 cm³/mol. The van der Waals surface area contributed by atoms with Gasteiger partial charge in [0, 0.05) is 19.5 Å². The highest BCUT2D eigenvalue weighted by atomic mass is 35.5. The molecule has 0 atom stereocenters. The van der Waals surface area contributed by atoms with Gasteiger partial charge in [-0.2, -0.15) is 0 Å². The van der Waals surface area contributed by atoms with Crippen LogP contribution in [-0.2, 0) is 0 Å². The summed E-state index contributed by atoms with van der Waals surface area (Å²) >= 11 is 5.66. The first-order valence-electron chi connectivity index (χ1n) is 5.95. The number of hydrogen-bond donors (Lipinski definition) is 2. The molecular weight excluding hydrogens is 270 g/mol. The van der Waals surface area contributed by atoms with E-state index in [0.717, 1.165) is 0 Å². The molecule has 0 saturated heterocycles. The van der Waals surface area contributed by atoms with Crippen molar-refractivity contribution in [1.29, 1.82) is 0 Å². The van der Waals surface area contributed by atoms with E-state index in [1.54, 1.807) is 4.90 Å². The number of oxime groups is 1. The van der Waals surface area contributed by atoms with E-state index >= 15 is 0 Å². The Balaban J connectivity index is 2.75. The van der Waals surface area contributed by atoms with Crippen molar-refractivity contribution >= 4 is 23.3 Å². The topological polar surface area (TPSA) is 92.1 Å². The third-order valence-corrected chi connectivity index (χ3v) is 2.63. The Bertz CT molecular complexity index is 457. The normalized spacial score (nSPS) is 11.9. The molecule has 0 bridgehead atoms. The van der Waals surface area contributed by atoms with Crippen molar-refractivity contribution in [2.75, 3.05) is 13.1 Å². The highest BCUT2D eigenvalue weighted by Crippen LogP contribution is 2.16. The van der Waals surface area contributed by atoms with Gasteiger partial charge in [0.15, 0.2) is 11.0 Å². The Labute approximate surface area is 116 Å². The smallest absolute Gasteiger partial charge is 0.289 e. The second-order valence-electron chi connectivity index (χ2n) is 4.59. The molecule has 1 aromatic rings. The number of carbonyl (C=O) groups is 1. The van der Waals surface area contributed by atoms with E-state index in [1.165, 1.54) is 12.1 Å². The first-order valence-corrected chi connectivity index (χ1v) is 6.32. The van der Waals surface area contributed by atoms with Gasteiger partial charge in [0.1, 0.15) is 5.84 Å². The number of nitrogens with zero attached hydrogens (tertiary/aromatic N) is 2. The minimum Gasteiger partial charge on any atom is -0.440 e. The minimum absolute atomic E-state index is 0.0824. The van der Waals surface area contributed by atoms with E-state index in [1.807, 2.05) is 13.8 Å². The molecular formula is C12H18ClN3O3. The van der Waals surface area contributed by atoms with Crippen LogP contribution < -0.4 is 5.73 Å². The Kier molecular flexibility index (Phi) is 5.69. The van der Waals surface area contributed by atoms with Gasteiger partial charge in [-0.15, -0.1) is 0 Å². The van der Waals surface area contributed by atoms with Gasteiger partial charge in [-0.3, -0.25) is 4.79 Å². The molecule has 0 spiro atoms. The van der Waals surface area contributed by atoms with Gasteiger partial charge in [-0.25, -0.2) is 0 Å². The molecule has 1 heterocycles. The largest absolute Gasteiger partial charge is 0.440 e. The van der Waals surface area contributed by atoms with Gasteiger partial charge in [0.05, 0.1) is 0 Å². The standard InChI is InChI=1S/C12H18ClN3O3/c1-8(2)7-16(6-5-11(14)15-18)12(17)9-3-4-10(13)19-9/h3-4,8,18H,5-7H2,1-2H3,(H2,14,15). The zero-order valence-corrected chi connectivity index (χ0v) is 11.7. The van der Waals surface area contributed by atoms with E-state index in [0.29, 0.717) is 25.4 Å². The summed E-state index contributed by atoms with van der Waals surface area (Å²) in [6.45, 7) is 4.90. The van der Waals surface area contributed by atoms with Gasteiger partial charge >= 0.3 is 0 Å². The number of amidine groups is 1. The van der Waals surface area contributed by atoms with Crippen molar-refractivity contribution in [2.24, 2.45) is 16.8 Å². The fourth-order valence-corrected chi connectivity index (χ4v) is 1.75. The van der Waals surface area contributed by atoms with Crippen LogP contribution in [0.25, 0.3) is 0 Å². The van der Waals surface area contributed by atoms with Crippen LogP contribution in [0.2, 0.25) is 5.22 Å².